The molecule has 2 aromatic rings. The summed E-state index contributed by atoms with van der Waals surface area (Å²) >= 11 is 0. The van der Waals surface area contributed by atoms with E-state index < -0.39 is 18.2 Å². The summed E-state index contributed by atoms with van der Waals surface area (Å²) in [6.45, 7) is 6.43. The van der Waals surface area contributed by atoms with Crippen LogP contribution in [-0.2, 0) is 9.47 Å². The third kappa shape index (κ3) is 6.89. The van der Waals surface area contributed by atoms with Gasteiger partial charge in [0, 0.05) is 6.42 Å². The van der Waals surface area contributed by atoms with Crippen LogP contribution in [0.2, 0.25) is 0 Å². The zero-order chi connectivity index (χ0) is 19.6. The molecule has 2 rings (SSSR count). The first-order valence-corrected chi connectivity index (χ1v) is 9.51. The molecule has 2 aromatic carbocycles. The third-order valence-corrected chi connectivity index (χ3v) is 4.59. The summed E-state index contributed by atoms with van der Waals surface area (Å²) in [5.41, 5.74) is 0.876. The Balaban J connectivity index is 2.07. The van der Waals surface area contributed by atoms with E-state index in [2.05, 4.69) is 20.8 Å². The quantitative estimate of drug-likeness (QED) is 0.434. The fraction of sp³-hybridized carbons (Fsp3) is 0.391. The zero-order valence-electron chi connectivity index (χ0n) is 16.3. The van der Waals surface area contributed by atoms with E-state index in [-0.39, 0.29) is 5.92 Å². The molecule has 4 heteroatoms. The predicted molar refractivity (Wildman–Crippen MR) is 105 cm³/mol. The molecule has 0 aliphatic carbocycles. The lowest BCUT2D eigenvalue weighted by Gasteiger charge is -2.23. The maximum Gasteiger partial charge on any atom is 0.341 e. The molecule has 0 bridgehead atoms. The lowest BCUT2D eigenvalue weighted by atomic mass is 9.93. The number of benzene rings is 2. The average Bonchev–Trinajstić information content (AvgIpc) is 2.68. The van der Waals surface area contributed by atoms with Gasteiger partial charge in [0.25, 0.3) is 0 Å². The largest absolute Gasteiger partial charge is 0.422 e. The van der Waals surface area contributed by atoms with E-state index in [1.165, 1.54) is 0 Å². The van der Waals surface area contributed by atoms with Crippen molar-refractivity contribution in [3.05, 3.63) is 71.8 Å². The zero-order valence-corrected chi connectivity index (χ0v) is 16.3. The van der Waals surface area contributed by atoms with Crippen LogP contribution in [0, 0.1) is 11.8 Å². The van der Waals surface area contributed by atoms with Crippen molar-refractivity contribution in [3.8, 4) is 0 Å². The molecule has 0 saturated carbocycles. The summed E-state index contributed by atoms with van der Waals surface area (Å²) in [6, 6.07) is 17.5. The molecule has 0 heterocycles. The topological polar surface area (TPSA) is 52.6 Å². The van der Waals surface area contributed by atoms with E-state index in [0.717, 1.165) is 12.8 Å². The van der Waals surface area contributed by atoms with Gasteiger partial charge in [-0.25, -0.2) is 9.59 Å². The molecule has 0 amide bonds. The highest BCUT2D eigenvalue weighted by molar-refractivity contribution is 5.90. The summed E-state index contributed by atoms with van der Waals surface area (Å²) in [7, 11) is 0. The van der Waals surface area contributed by atoms with Crippen molar-refractivity contribution < 1.29 is 19.1 Å². The van der Waals surface area contributed by atoms with Crippen LogP contribution < -0.4 is 0 Å². The molecule has 2 atom stereocenters. The Morgan fingerprint density at radius 2 is 1.19 bits per heavy atom. The summed E-state index contributed by atoms with van der Waals surface area (Å²) in [6.07, 6.45) is 1.63. The van der Waals surface area contributed by atoms with Crippen molar-refractivity contribution in [2.24, 2.45) is 11.8 Å². The SMILES string of the molecule is CCC(C)CC(C)CC(OC(=O)c1ccccc1)OC(=O)c1ccccc1. The smallest absolute Gasteiger partial charge is 0.341 e. The molecule has 27 heavy (non-hydrogen) atoms. The van der Waals surface area contributed by atoms with Crippen LogP contribution in [0.25, 0.3) is 0 Å². The van der Waals surface area contributed by atoms with E-state index in [1.807, 2.05) is 12.1 Å². The Kier molecular flexibility index (Phi) is 8.05. The second-order valence-electron chi connectivity index (χ2n) is 7.06. The molecule has 144 valence electrons. The highest BCUT2D eigenvalue weighted by Gasteiger charge is 2.24. The number of rotatable bonds is 9. The number of esters is 2. The maximum atomic E-state index is 12.4. The van der Waals surface area contributed by atoms with Gasteiger partial charge in [0.15, 0.2) is 0 Å². The van der Waals surface area contributed by atoms with Crippen molar-refractivity contribution in [1.29, 1.82) is 0 Å². The molecular weight excluding hydrogens is 340 g/mol. The lowest BCUT2D eigenvalue weighted by Crippen LogP contribution is -2.27. The van der Waals surface area contributed by atoms with Crippen molar-refractivity contribution in [2.45, 2.75) is 46.3 Å². The van der Waals surface area contributed by atoms with E-state index >= 15 is 0 Å². The van der Waals surface area contributed by atoms with Gasteiger partial charge in [-0.05, 0) is 42.5 Å². The molecule has 4 nitrogen and oxygen atoms in total. The number of hydrogen-bond donors (Lipinski definition) is 0. The van der Waals surface area contributed by atoms with Crippen molar-refractivity contribution >= 4 is 11.9 Å². The number of ether oxygens (including phenoxy) is 2. The minimum Gasteiger partial charge on any atom is -0.422 e. The second kappa shape index (κ2) is 10.5. The van der Waals surface area contributed by atoms with Gasteiger partial charge >= 0.3 is 11.9 Å². The van der Waals surface area contributed by atoms with Crippen LogP contribution in [0.3, 0.4) is 0 Å². The van der Waals surface area contributed by atoms with Gasteiger partial charge in [-0.3, -0.25) is 0 Å². The first-order chi connectivity index (χ1) is 13.0. The summed E-state index contributed by atoms with van der Waals surface area (Å²) in [5, 5.41) is 0. The number of carbonyl (C=O) groups excluding carboxylic acids is 2. The Bertz CT molecular complexity index is 658. The fourth-order valence-corrected chi connectivity index (χ4v) is 2.92. The van der Waals surface area contributed by atoms with Gasteiger partial charge in [0.05, 0.1) is 11.1 Å². The van der Waals surface area contributed by atoms with Gasteiger partial charge in [-0.2, -0.15) is 0 Å². The predicted octanol–water partition coefficient (Wildman–Crippen LogP) is 5.49. The molecule has 0 aliphatic rings. The minimum absolute atomic E-state index is 0.261. The van der Waals surface area contributed by atoms with Gasteiger partial charge < -0.3 is 9.47 Å². The van der Waals surface area contributed by atoms with Gasteiger partial charge in [-0.1, -0.05) is 63.6 Å². The standard InChI is InChI=1S/C23H28O4/c1-4-17(2)15-18(3)16-21(26-22(24)19-11-7-5-8-12-19)27-23(25)20-13-9-6-10-14-20/h5-14,17-18,21H,4,15-16H2,1-3H3. The van der Waals surface area contributed by atoms with E-state index in [4.69, 9.17) is 9.47 Å². The van der Waals surface area contributed by atoms with E-state index in [1.54, 1.807) is 48.5 Å². The highest BCUT2D eigenvalue weighted by atomic mass is 16.7. The Labute approximate surface area is 161 Å². The first kappa shape index (κ1) is 20.7. The molecule has 0 aromatic heterocycles. The molecule has 0 saturated heterocycles. The molecule has 0 N–H and O–H groups in total. The monoisotopic (exact) mass is 368 g/mol. The van der Waals surface area contributed by atoms with Gasteiger partial charge in [0.2, 0.25) is 6.29 Å². The molecule has 2 unspecified atom stereocenters. The number of carbonyl (C=O) groups is 2. The molecule has 0 radical (unpaired) electrons. The highest BCUT2D eigenvalue weighted by Crippen LogP contribution is 2.22. The average molecular weight is 368 g/mol. The van der Waals surface area contributed by atoms with Crippen LogP contribution in [0.1, 0.15) is 60.7 Å². The Hall–Kier alpha value is -2.62. The molecule has 0 fully saturated rings. The first-order valence-electron chi connectivity index (χ1n) is 9.51. The van der Waals surface area contributed by atoms with Crippen LogP contribution >= 0.6 is 0 Å². The van der Waals surface area contributed by atoms with Crippen LogP contribution in [0.15, 0.2) is 60.7 Å². The Morgan fingerprint density at radius 3 is 1.59 bits per heavy atom. The van der Waals surface area contributed by atoms with Crippen LogP contribution in [0.4, 0.5) is 0 Å². The molecule has 0 aliphatic heterocycles. The maximum absolute atomic E-state index is 12.4. The summed E-state index contributed by atoms with van der Waals surface area (Å²) in [4.78, 5) is 24.8. The molecular formula is C23H28O4. The second-order valence-corrected chi connectivity index (χ2v) is 7.06. The summed E-state index contributed by atoms with van der Waals surface area (Å²) < 4.78 is 11.1. The summed E-state index contributed by atoms with van der Waals surface area (Å²) in [5.74, 6) is -0.151. The van der Waals surface area contributed by atoms with E-state index in [9.17, 15) is 9.59 Å². The van der Waals surface area contributed by atoms with Crippen LogP contribution in [0.5, 0.6) is 0 Å². The van der Waals surface area contributed by atoms with E-state index in [0.29, 0.717) is 23.5 Å². The van der Waals surface area contributed by atoms with Gasteiger partial charge in [0.1, 0.15) is 0 Å². The molecule has 0 spiro atoms. The number of hydrogen-bond acceptors (Lipinski definition) is 4. The normalized spacial score (nSPS) is 13.0. The van der Waals surface area contributed by atoms with Crippen molar-refractivity contribution in [3.63, 3.8) is 0 Å². The van der Waals surface area contributed by atoms with Crippen molar-refractivity contribution in [1.82, 2.24) is 0 Å². The lowest BCUT2D eigenvalue weighted by molar-refractivity contribution is -0.0894. The Morgan fingerprint density at radius 1 is 0.741 bits per heavy atom. The van der Waals surface area contributed by atoms with Gasteiger partial charge in [-0.15, -0.1) is 0 Å². The van der Waals surface area contributed by atoms with Crippen LogP contribution in [-0.4, -0.2) is 18.2 Å². The minimum atomic E-state index is -0.913. The fourth-order valence-electron chi connectivity index (χ4n) is 2.92. The third-order valence-electron chi connectivity index (χ3n) is 4.59. The van der Waals surface area contributed by atoms with Crippen molar-refractivity contribution in [2.75, 3.05) is 0 Å².